The van der Waals surface area contributed by atoms with Crippen LogP contribution < -0.4 is 5.73 Å². The topological polar surface area (TPSA) is 73.6 Å². The van der Waals surface area contributed by atoms with Gasteiger partial charge in [0, 0.05) is 5.69 Å². The van der Waals surface area contributed by atoms with Gasteiger partial charge in [0.25, 0.3) is 0 Å². The van der Waals surface area contributed by atoms with Crippen LogP contribution in [0.1, 0.15) is 16.7 Å². The van der Waals surface area contributed by atoms with Crippen LogP contribution >= 0.6 is 0 Å². The minimum atomic E-state index is 0.257. The summed E-state index contributed by atoms with van der Waals surface area (Å²) in [6, 6.07) is 7.42. The molecule has 0 radical (unpaired) electrons. The average molecular weight is 171 g/mol. The first-order chi connectivity index (χ1) is 6.20. The van der Waals surface area contributed by atoms with E-state index in [0.29, 0.717) is 11.3 Å². The molecule has 0 aliphatic rings. The molecule has 0 heterocycles. The van der Waals surface area contributed by atoms with Crippen molar-refractivity contribution in [2.45, 2.75) is 13.3 Å². The number of anilines is 1. The molecule has 0 unspecified atom stereocenters. The van der Waals surface area contributed by atoms with Gasteiger partial charge >= 0.3 is 0 Å². The Morgan fingerprint density at radius 2 is 2.08 bits per heavy atom. The summed E-state index contributed by atoms with van der Waals surface area (Å²) < 4.78 is 0. The van der Waals surface area contributed by atoms with Crippen LogP contribution in [0.3, 0.4) is 0 Å². The minimum Gasteiger partial charge on any atom is -0.398 e. The maximum absolute atomic E-state index is 8.73. The van der Waals surface area contributed by atoms with Crippen LogP contribution in [0.5, 0.6) is 0 Å². The molecular formula is C10H9N3. The number of nitrogen functional groups attached to an aromatic ring is 1. The first kappa shape index (κ1) is 9.09. The summed E-state index contributed by atoms with van der Waals surface area (Å²) >= 11 is 0. The number of hydrogen-bond donors (Lipinski definition) is 1. The van der Waals surface area contributed by atoms with E-state index >= 15 is 0 Å². The van der Waals surface area contributed by atoms with Crippen molar-refractivity contribution in [3.8, 4) is 12.1 Å². The lowest BCUT2D eigenvalue weighted by Gasteiger charge is -2.06. The van der Waals surface area contributed by atoms with E-state index < -0.39 is 0 Å². The first-order valence-corrected chi connectivity index (χ1v) is 3.85. The van der Waals surface area contributed by atoms with Gasteiger partial charge in [0.1, 0.15) is 0 Å². The Morgan fingerprint density at radius 1 is 1.38 bits per heavy atom. The van der Waals surface area contributed by atoms with Gasteiger partial charge in [0.15, 0.2) is 0 Å². The van der Waals surface area contributed by atoms with Crippen molar-refractivity contribution >= 4 is 5.69 Å². The molecule has 0 aliphatic carbocycles. The number of hydrogen-bond acceptors (Lipinski definition) is 3. The Labute approximate surface area is 77.0 Å². The van der Waals surface area contributed by atoms with Gasteiger partial charge in [-0.2, -0.15) is 10.5 Å². The minimum absolute atomic E-state index is 0.257. The van der Waals surface area contributed by atoms with Gasteiger partial charge in [-0.25, -0.2) is 0 Å². The fourth-order valence-corrected chi connectivity index (χ4v) is 1.21. The molecular weight excluding hydrogens is 162 g/mol. The van der Waals surface area contributed by atoms with Crippen molar-refractivity contribution < 1.29 is 0 Å². The molecule has 0 saturated carbocycles. The van der Waals surface area contributed by atoms with Crippen LogP contribution in [0, 0.1) is 29.6 Å². The van der Waals surface area contributed by atoms with Crippen LogP contribution in [0.25, 0.3) is 0 Å². The SMILES string of the molecule is Cc1c(C#N)ccc(N)c1CC#N. The van der Waals surface area contributed by atoms with Gasteiger partial charge in [0.2, 0.25) is 0 Å². The van der Waals surface area contributed by atoms with Crippen LogP contribution in [-0.2, 0) is 6.42 Å². The second-order valence-corrected chi connectivity index (χ2v) is 2.75. The van der Waals surface area contributed by atoms with Crippen molar-refractivity contribution in [2.24, 2.45) is 0 Å². The summed E-state index contributed by atoms with van der Waals surface area (Å²) in [6.45, 7) is 1.81. The molecule has 0 saturated heterocycles. The Kier molecular flexibility index (Phi) is 2.52. The predicted molar refractivity (Wildman–Crippen MR) is 49.6 cm³/mol. The van der Waals surface area contributed by atoms with Crippen molar-refractivity contribution in [3.63, 3.8) is 0 Å². The second kappa shape index (κ2) is 3.60. The summed E-state index contributed by atoms with van der Waals surface area (Å²) in [6.07, 6.45) is 0.257. The molecule has 2 N–H and O–H groups in total. The quantitative estimate of drug-likeness (QED) is 0.651. The second-order valence-electron chi connectivity index (χ2n) is 2.75. The first-order valence-electron chi connectivity index (χ1n) is 3.85. The van der Waals surface area contributed by atoms with E-state index in [-0.39, 0.29) is 6.42 Å². The van der Waals surface area contributed by atoms with Crippen LogP contribution in [0.4, 0.5) is 5.69 Å². The van der Waals surface area contributed by atoms with Crippen molar-refractivity contribution in [1.82, 2.24) is 0 Å². The van der Waals surface area contributed by atoms with Gasteiger partial charge in [-0.1, -0.05) is 0 Å². The van der Waals surface area contributed by atoms with Crippen LogP contribution in [-0.4, -0.2) is 0 Å². The normalized spacial score (nSPS) is 8.85. The third-order valence-electron chi connectivity index (χ3n) is 2.01. The Hall–Kier alpha value is -2.00. The lowest BCUT2D eigenvalue weighted by atomic mass is 9.99. The molecule has 1 aromatic carbocycles. The van der Waals surface area contributed by atoms with Gasteiger partial charge in [0.05, 0.1) is 24.1 Å². The predicted octanol–water partition coefficient (Wildman–Crippen LogP) is 1.51. The zero-order valence-electron chi connectivity index (χ0n) is 7.33. The molecule has 0 bridgehead atoms. The number of nitrogens with two attached hydrogens (primary N) is 1. The molecule has 1 rings (SSSR count). The van der Waals surface area contributed by atoms with E-state index in [4.69, 9.17) is 16.3 Å². The number of nitrogens with zero attached hydrogens (tertiary/aromatic N) is 2. The highest BCUT2D eigenvalue weighted by Gasteiger charge is 2.06. The largest absolute Gasteiger partial charge is 0.398 e. The lowest BCUT2D eigenvalue weighted by molar-refractivity contribution is 1.21. The number of nitriles is 2. The lowest BCUT2D eigenvalue weighted by Crippen LogP contribution is -1.98. The Balaban J connectivity index is 3.33. The summed E-state index contributed by atoms with van der Waals surface area (Å²) in [5.41, 5.74) is 8.41. The molecule has 3 nitrogen and oxygen atoms in total. The highest BCUT2D eigenvalue weighted by atomic mass is 14.6. The van der Waals surface area contributed by atoms with Gasteiger partial charge in [-0.05, 0) is 30.2 Å². The van der Waals surface area contributed by atoms with Crippen molar-refractivity contribution in [2.75, 3.05) is 5.73 Å². The summed E-state index contributed by atoms with van der Waals surface area (Å²) in [4.78, 5) is 0. The average Bonchev–Trinajstić information content (AvgIpc) is 2.12. The van der Waals surface area contributed by atoms with E-state index in [0.717, 1.165) is 11.1 Å². The fourth-order valence-electron chi connectivity index (χ4n) is 1.21. The van der Waals surface area contributed by atoms with E-state index in [1.165, 1.54) is 0 Å². The standard InChI is InChI=1S/C10H9N3/c1-7-8(6-12)2-3-10(13)9(7)4-5-11/h2-3H,4,13H2,1H3. The smallest absolute Gasteiger partial charge is 0.0994 e. The molecule has 1 aromatic rings. The van der Waals surface area contributed by atoms with Gasteiger partial charge < -0.3 is 5.73 Å². The maximum Gasteiger partial charge on any atom is 0.0994 e. The zero-order valence-corrected chi connectivity index (χ0v) is 7.33. The number of rotatable bonds is 1. The van der Waals surface area contributed by atoms with E-state index in [9.17, 15) is 0 Å². The third-order valence-corrected chi connectivity index (χ3v) is 2.01. The third kappa shape index (κ3) is 1.60. The van der Waals surface area contributed by atoms with E-state index in [1.54, 1.807) is 12.1 Å². The van der Waals surface area contributed by atoms with Crippen molar-refractivity contribution in [1.29, 1.82) is 10.5 Å². The summed E-state index contributed by atoms with van der Waals surface area (Å²) in [7, 11) is 0. The highest BCUT2D eigenvalue weighted by molar-refractivity contribution is 5.57. The maximum atomic E-state index is 8.73. The monoisotopic (exact) mass is 171 g/mol. The van der Waals surface area contributed by atoms with Crippen LogP contribution in [0.15, 0.2) is 12.1 Å². The summed E-state index contributed by atoms with van der Waals surface area (Å²) in [5.74, 6) is 0. The molecule has 13 heavy (non-hydrogen) atoms. The Bertz CT molecular complexity index is 407. The molecule has 0 amide bonds. The number of benzene rings is 1. The molecule has 64 valence electrons. The van der Waals surface area contributed by atoms with E-state index in [1.807, 2.05) is 13.0 Å². The van der Waals surface area contributed by atoms with Gasteiger partial charge in [-0.3, -0.25) is 0 Å². The molecule has 0 aliphatic heterocycles. The molecule has 0 spiro atoms. The van der Waals surface area contributed by atoms with E-state index in [2.05, 4.69) is 6.07 Å². The zero-order chi connectivity index (χ0) is 9.84. The molecule has 0 aromatic heterocycles. The molecule has 3 heteroatoms. The van der Waals surface area contributed by atoms with Crippen molar-refractivity contribution in [3.05, 3.63) is 28.8 Å². The fraction of sp³-hybridized carbons (Fsp3) is 0.200. The van der Waals surface area contributed by atoms with Gasteiger partial charge in [-0.15, -0.1) is 0 Å². The molecule has 0 atom stereocenters. The summed E-state index contributed by atoms with van der Waals surface area (Å²) in [5, 5.41) is 17.3. The van der Waals surface area contributed by atoms with Crippen LogP contribution in [0.2, 0.25) is 0 Å². The Morgan fingerprint density at radius 3 is 2.62 bits per heavy atom. The highest BCUT2D eigenvalue weighted by Crippen LogP contribution is 2.20. The molecule has 0 fully saturated rings.